The molecule has 234 valence electrons. The molecule has 0 aliphatic heterocycles. The second-order valence-corrected chi connectivity index (χ2v) is 10.2. The summed E-state index contributed by atoms with van der Waals surface area (Å²) in [4.78, 5) is 44.5. The number of carboxylic acid groups (broad SMARTS) is 2. The van der Waals surface area contributed by atoms with Gasteiger partial charge >= 0.3 is 11.9 Å². The van der Waals surface area contributed by atoms with E-state index in [2.05, 4.69) is 42.0 Å². The standard InChI is InChI=1S/2C17H12N4.C2H2O4/c2*1-2-4-13(5-3-1)17-19-11-14-10-15(6-7-16(14)20-17)21-9-8-18-12-21;3-1(4)2(5)6/h2*1-12H;(H,3,4)(H,5,6). The third-order valence-electron chi connectivity index (χ3n) is 6.98. The molecule has 0 bridgehead atoms. The number of carboxylic acids is 2. The summed E-state index contributed by atoms with van der Waals surface area (Å²) < 4.78 is 3.93. The molecule has 8 rings (SSSR count). The van der Waals surface area contributed by atoms with Gasteiger partial charge in [-0.25, -0.2) is 39.5 Å². The monoisotopic (exact) mass is 634 g/mol. The van der Waals surface area contributed by atoms with E-state index in [1.54, 1.807) is 25.0 Å². The third-order valence-corrected chi connectivity index (χ3v) is 6.98. The Kier molecular flexibility index (Phi) is 9.24. The normalized spacial score (nSPS) is 10.4. The quantitative estimate of drug-likeness (QED) is 0.216. The largest absolute Gasteiger partial charge is 0.473 e. The molecule has 0 aliphatic carbocycles. The minimum Gasteiger partial charge on any atom is -0.473 e. The molecule has 0 saturated heterocycles. The van der Waals surface area contributed by atoms with Crippen molar-refractivity contribution in [1.82, 2.24) is 39.0 Å². The summed E-state index contributed by atoms with van der Waals surface area (Å²) in [5, 5.41) is 16.8. The lowest BCUT2D eigenvalue weighted by Crippen LogP contribution is -2.09. The van der Waals surface area contributed by atoms with E-state index in [1.165, 1.54) is 0 Å². The average Bonchev–Trinajstić information content (AvgIpc) is 3.88. The van der Waals surface area contributed by atoms with Crippen LogP contribution in [0.3, 0.4) is 0 Å². The summed E-state index contributed by atoms with van der Waals surface area (Å²) in [7, 11) is 0. The zero-order chi connectivity index (χ0) is 33.3. The Bertz CT molecular complexity index is 2130. The number of hydrogen-bond acceptors (Lipinski definition) is 8. The van der Waals surface area contributed by atoms with Crippen LogP contribution < -0.4 is 0 Å². The van der Waals surface area contributed by atoms with Gasteiger partial charge in [0.25, 0.3) is 0 Å². The van der Waals surface area contributed by atoms with Gasteiger partial charge in [-0.3, -0.25) is 0 Å². The summed E-state index contributed by atoms with van der Waals surface area (Å²) in [5.74, 6) is -2.15. The van der Waals surface area contributed by atoms with Crippen LogP contribution in [0.2, 0.25) is 0 Å². The van der Waals surface area contributed by atoms with Gasteiger partial charge in [0.2, 0.25) is 0 Å². The molecular formula is C36H26N8O4. The molecule has 12 heteroatoms. The number of aliphatic carboxylic acids is 2. The Balaban J connectivity index is 0.000000144. The predicted molar refractivity (Wildman–Crippen MR) is 179 cm³/mol. The molecule has 4 aromatic heterocycles. The van der Waals surface area contributed by atoms with E-state index in [4.69, 9.17) is 19.8 Å². The topological polar surface area (TPSA) is 162 Å². The van der Waals surface area contributed by atoms with E-state index in [-0.39, 0.29) is 0 Å². The van der Waals surface area contributed by atoms with Gasteiger partial charge in [0.15, 0.2) is 11.6 Å². The fraction of sp³-hybridized carbons (Fsp3) is 0. The van der Waals surface area contributed by atoms with Crippen molar-refractivity contribution >= 4 is 33.7 Å². The third kappa shape index (κ3) is 7.41. The van der Waals surface area contributed by atoms with E-state index >= 15 is 0 Å². The Labute approximate surface area is 273 Å². The first-order valence-corrected chi connectivity index (χ1v) is 14.5. The molecule has 0 spiro atoms. The molecule has 4 heterocycles. The van der Waals surface area contributed by atoms with Crippen LogP contribution >= 0.6 is 0 Å². The van der Waals surface area contributed by atoms with Gasteiger partial charge < -0.3 is 19.3 Å². The number of fused-ring (bicyclic) bond motifs is 2. The predicted octanol–water partition coefficient (Wildman–Crippen LogP) is 6.12. The van der Waals surface area contributed by atoms with Crippen LogP contribution in [-0.2, 0) is 9.59 Å². The average molecular weight is 635 g/mol. The fourth-order valence-electron chi connectivity index (χ4n) is 4.64. The van der Waals surface area contributed by atoms with Crippen molar-refractivity contribution in [2.75, 3.05) is 0 Å². The van der Waals surface area contributed by atoms with Crippen LogP contribution in [0.15, 0.2) is 147 Å². The summed E-state index contributed by atoms with van der Waals surface area (Å²) in [6.45, 7) is 0. The highest BCUT2D eigenvalue weighted by molar-refractivity contribution is 6.27. The van der Waals surface area contributed by atoms with E-state index in [1.807, 2.05) is 119 Å². The number of nitrogens with zero attached hydrogens (tertiary/aromatic N) is 8. The fourth-order valence-corrected chi connectivity index (χ4v) is 4.64. The van der Waals surface area contributed by atoms with Gasteiger partial charge in [0.1, 0.15) is 0 Å². The van der Waals surface area contributed by atoms with Crippen LogP contribution in [0.5, 0.6) is 0 Å². The van der Waals surface area contributed by atoms with Crippen molar-refractivity contribution in [3.05, 3.63) is 147 Å². The number of imidazole rings is 2. The number of rotatable bonds is 4. The van der Waals surface area contributed by atoms with E-state index in [0.717, 1.165) is 56.0 Å². The molecule has 0 saturated carbocycles. The van der Waals surface area contributed by atoms with Gasteiger partial charge in [-0.15, -0.1) is 0 Å². The first kappa shape index (κ1) is 30.9. The van der Waals surface area contributed by atoms with E-state index in [9.17, 15) is 0 Å². The van der Waals surface area contributed by atoms with E-state index < -0.39 is 11.9 Å². The molecule has 8 aromatic rings. The van der Waals surface area contributed by atoms with Gasteiger partial charge in [-0.2, -0.15) is 0 Å². The molecule has 0 fully saturated rings. The first-order valence-electron chi connectivity index (χ1n) is 14.5. The minimum atomic E-state index is -1.82. The Morgan fingerprint density at radius 2 is 0.958 bits per heavy atom. The van der Waals surface area contributed by atoms with Gasteiger partial charge in [0.05, 0.1) is 23.7 Å². The van der Waals surface area contributed by atoms with Gasteiger partial charge in [-0.05, 0) is 36.4 Å². The maximum atomic E-state index is 9.10. The molecule has 0 aliphatic rings. The summed E-state index contributed by atoms with van der Waals surface area (Å²) in [5.41, 5.74) is 6.03. The van der Waals surface area contributed by atoms with Crippen molar-refractivity contribution in [1.29, 1.82) is 0 Å². The second kappa shape index (κ2) is 14.3. The highest BCUT2D eigenvalue weighted by atomic mass is 16.4. The molecular weight excluding hydrogens is 608 g/mol. The van der Waals surface area contributed by atoms with Crippen LogP contribution in [0.25, 0.3) is 56.0 Å². The molecule has 48 heavy (non-hydrogen) atoms. The summed E-state index contributed by atoms with van der Waals surface area (Å²) in [6.07, 6.45) is 14.6. The van der Waals surface area contributed by atoms with Crippen molar-refractivity contribution in [3.8, 4) is 34.2 Å². The van der Waals surface area contributed by atoms with Crippen LogP contribution in [0, 0.1) is 0 Å². The van der Waals surface area contributed by atoms with Crippen molar-refractivity contribution in [2.24, 2.45) is 0 Å². The summed E-state index contributed by atoms with van der Waals surface area (Å²) in [6, 6.07) is 32.2. The van der Waals surface area contributed by atoms with E-state index in [0.29, 0.717) is 0 Å². The molecule has 4 aromatic carbocycles. The maximum Gasteiger partial charge on any atom is 0.414 e. The van der Waals surface area contributed by atoms with Gasteiger partial charge in [-0.1, -0.05) is 60.7 Å². The number of hydrogen-bond donors (Lipinski definition) is 2. The maximum absolute atomic E-state index is 9.10. The lowest BCUT2D eigenvalue weighted by Gasteiger charge is -2.05. The minimum absolute atomic E-state index is 0.749. The van der Waals surface area contributed by atoms with Crippen molar-refractivity contribution in [3.63, 3.8) is 0 Å². The highest BCUT2D eigenvalue weighted by Crippen LogP contribution is 2.22. The zero-order valence-corrected chi connectivity index (χ0v) is 25.1. The Morgan fingerprint density at radius 1 is 0.542 bits per heavy atom. The lowest BCUT2D eigenvalue weighted by atomic mass is 10.2. The molecule has 12 nitrogen and oxygen atoms in total. The lowest BCUT2D eigenvalue weighted by molar-refractivity contribution is -0.159. The summed E-state index contributed by atoms with van der Waals surface area (Å²) >= 11 is 0. The first-order chi connectivity index (χ1) is 23.4. The second-order valence-electron chi connectivity index (χ2n) is 10.2. The molecule has 2 N–H and O–H groups in total. The number of aromatic nitrogens is 8. The smallest absolute Gasteiger partial charge is 0.414 e. The number of carbonyl (C=O) groups is 2. The molecule has 0 radical (unpaired) electrons. The van der Waals surface area contributed by atoms with Crippen molar-refractivity contribution < 1.29 is 19.8 Å². The van der Waals surface area contributed by atoms with Gasteiger partial charge in [0, 0.05) is 70.5 Å². The van der Waals surface area contributed by atoms with Crippen molar-refractivity contribution in [2.45, 2.75) is 0 Å². The SMILES string of the molecule is O=C(O)C(=O)O.c1ccc(-c2ncc3cc(-n4ccnc4)ccc3n2)cc1.c1ccc(-c2ncc3cc(-n4ccnc4)ccc3n2)cc1. The van der Waals surface area contributed by atoms with Crippen LogP contribution in [0.1, 0.15) is 0 Å². The molecule has 0 unspecified atom stereocenters. The Hall–Kier alpha value is -7.08. The zero-order valence-electron chi connectivity index (χ0n) is 25.1. The highest BCUT2D eigenvalue weighted by Gasteiger charge is 2.06. The van der Waals surface area contributed by atoms with Crippen LogP contribution in [0.4, 0.5) is 0 Å². The molecule has 0 atom stereocenters. The molecule has 0 amide bonds. The number of benzene rings is 4. The Morgan fingerprint density at radius 3 is 1.31 bits per heavy atom. The van der Waals surface area contributed by atoms with Crippen LogP contribution in [-0.4, -0.2) is 61.2 Å².